The SMILES string of the molecule is CCCCn1cnc(-c2cncnc2)c1. The van der Waals surface area contributed by atoms with Gasteiger partial charge in [0.2, 0.25) is 0 Å². The first-order valence-electron chi connectivity index (χ1n) is 5.17. The van der Waals surface area contributed by atoms with Crippen molar-refractivity contribution in [1.82, 2.24) is 19.5 Å². The van der Waals surface area contributed by atoms with Gasteiger partial charge in [0.15, 0.2) is 0 Å². The van der Waals surface area contributed by atoms with E-state index < -0.39 is 0 Å². The summed E-state index contributed by atoms with van der Waals surface area (Å²) in [4.78, 5) is 12.3. The molecule has 0 aliphatic heterocycles. The Morgan fingerprint density at radius 3 is 2.80 bits per heavy atom. The molecule has 0 radical (unpaired) electrons. The third kappa shape index (κ3) is 2.40. The van der Waals surface area contributed by atoms with Gasteiger partial charge in [-0.25, -0.2) is 15.0 Å². The van der Waals surface area contributed by atoms with Crippen LogP contribution in [-0.2, 0) is 6.54 Å². The van der Waals surface area contributed by atoms with E-state index in [1.807, 2.05) is 12.5 Å². The van der Waals surface area contributed by atoms with E-state index in [-0.39, 0.29) is 0 Å². The van der Waals surface area contributed by atoms with Gasteiger partial charge >= 0.3 is 0 Å². The van der Waals surface area contributed by atoms with Crippen LogP contribution in [0.3, 0.4) is 0 Å². The number of aromatic nitrogens is 4. The van der Waals surface area contributed by atoms with Crippen LogP contribution in [0.1, 0.15) is 19.8 Å². The lowest BCUT2D eigenvalue weighted by Gasteiger charge is -1.97. The number of unbranched alkanes of at least 4 members (excludes halogenated alkanes) is 1. The summed E-state index contributed by atoms with van der Waals surface area (Å²) in [7, 11) is 0. The van der Waals surface area contributed by atoms with E-state index in [9.17, 15) is 0 Å². The summed E-state index contributed by atoms with van der Waals surface area (Å²) in [5, 5.41) is 0. The Morgan fingerprint density at radius 2 is 2.07 bits per heavy atom. The minimum atomic E-state index is 0.937. The molecule has 15 heavy (non-hydrogen) atoms. The molecule has 0 saturated carbocycles. The zero-order valence-electron chi connectivity index (χ0n) is 8.80. The summed E-state index contributed by atoms with van der Waals surface area (Å²) in [6.45, 7) is 3.21. The molecule has 0 fully saturated rings. The van der Waals surface area contributed by atoms with Gasteiger partial charge in [0.1, 0.15) is 6.33 Å². The molecule has 2 heterocycles. The molecular weight excluding hydrogens is 188 g/mol. The molecule has 78 valence electrons. The van der Waals surface area contributed by atoms with Crippen LogP contribution in [0.5, 0.6) is 0 Å². The summed E-state index contributed by atoms with van der Waals surface area (Å²) in [5.41, 5.74) is 1.90. The molecule has 0 N–H and O–H groups in total. The summed E-state index contributed by atoms with van der Waals surface area (Å²) in [6, 6.07) is 0. The second-order valence-electron chi connectivity index (χ2n) is 3.48. The molecule has 4 nitrogen and oxygen atoms in total. The Hall–Kier alpha value is -1.71. The number of aryl methyl sites for hydroxylation is 1. The van der Waals surface area contributed by atoms with E-state index in [1.54, 1.807) is 12.4 Å². The molecule has 0 aliphatic rings. The lowest BCUT2D eigenvalue weighted by Crippen LogP contribution is -1.92. The molecule has 2 rings (SSSR count). The predicted octanol–water partition coefficient (Wildman–Crippen LogP) is 2.14. The maximum absolute atomic E-state index is 4.32. The molecule has 0 spiro atoms. The fraction of sp³-hybridized carbons (Fsp3) is 0.364. The fourth-order valence-corrected chi connectivity index (χ4v) is 1.40. The largest absolute Gasteiger partial charge is 0.337 e. The Morgan fingerprint density at radius 1 is 1.27 bits per heavy atom. The zero-order valence-corrected chi connectivity index (χ0v) is 8.80. The second kappa shape index (κ2) is 4.68. The third-order valence-corrected chi connectivity index (χ3v) is 2.26. The third-order valence-electron chi connectivity index (χ3n) is 2.26. The van der Waals surface area contributed by atoms with Crippen LogP contribution in [0.15, 0.2) is 31.2 Å². The predicted molar refractivity (Wildman–Crippen MR) is 58.2 cm³/mol. The molecule has 0 unspecified atom stereocenters. The van der Waals surface area contributed by atoms with Gasteiger partial charge in [0, 0.05) is 30.7 Å². The van der Waals surface area contributed by atoms with Crippen molar-refractivity contribution in [2.24, 2.45) is 0 Å². The van der Waals surface area contributed by atoms with Crippen molar-refractivity contribution in [3.63, 3.8) is 0 Å². The maximum Gasteiger partial charge on any atom is 0.115 e. The number of hydrogen-bond acceptors (Lipinski definition) is 3. The summed E-state index contributed by atoms with van der Waals surface area (Å²) < 4.78 is 2.10. The smallest absolute Gasteiger partial charge is 0.115 e. The average Bonchev–Trinajstić information content (AvgIpc) is 2.76. The lowest BCUT2D eigenvalue weighted by molar-refractivity contribution is 0.631. The van der Waals surface area contributed by atoms with Crippen molar-refractivity contribution in [3.05, 3.63) is 31.2 Å². The average molecular weight is 202 g/mol. The Bertz CT molecular complexity index is 408. The van der Waals surface area contributed by atoms with Gasteiger partial charge in [0.05, 0.1) is 12.0 Å². The first-order chi connectivity index (χ1) is 7.40. The van der Waals surface area contributed by atoms with Crippen molar-refractivity contribution < 1.29 is 0 Å². The topological polar surface area (TPSA) is 43.6 Å². The standard InChI is InChI=1S/C11H14N4/c1-2-3-4-15-7-11(14-9-15)10-5-12-8-13-6-10/h5-9H,2-4H2,1H3. The highest BCUT2D eigenvalue weighted by molar-refractivity contribution is 5.55. The van der Waals surface area contributed by atoms with Gasteiger partial charge in [-0.15, -0.1) is 0 Å². The van der Waals surface area contributed by atoms with Gasteiger partial charge in [0.25, 0.3) is 0 Å². The Labute approximate surface area is 89.0 Å². The highest BCUT2D eigenvalue weighted by Crippen LogP contribution is 2.13. The van der Waals surface area contributed by atoms with Crippen LogP contribution >= 0.6 is 0 Å². The quantitative estimate of drug-likeness (QED) is 0.763. The minimum absolute atomic E-state index is 0.937. The van der Waals surface area contributed by atoms with Crippen molar-refractivity contribution in [1.29, 1.82) is 0 Å². The first kappa shape index (κ1) is 9.83. The van der Waals surface area contributed by atoms with E-state index in [0.717, 1.165) is 17.8 Å². The van der Waals surface area contributed by atoms with E-state index in [0.29, 0.717) is 0 Å². The monoisotopic (exact) mass is 202 g/mol. The van der Waals surface area contributed by atoms with Gasteiger partial charge in [-0.2, -0.15) is 0 Å². The number of hydrogen-bond donors (Lipinski definition) is 0. The zero-order chi connectivity index (χ0) is 10.5. The Kier molecular flexibility index (Phi) is 3.07. The van der Waals surface area contributed by atoms with Crippen molar-refractivity contribution in [3.8, 4) is 11.3 Å². The van der Waals surface area contributed by atoms with Crippen LogP contribution in [0, 0.1) is 0 Å². The van der Waals surface area contributed by atoms with Crippen LogP contribution in [0.25, 0.3) is 11.3 Å². The van der Waals surface area contributed by atoms with E-state index in [2.05, 4.69) is 26.4 Å². The van der Waals surface area contributed by atoms with Gasteiger partial charge in [-0.05, 0) is 6.42 Å². The van der Waals surface area contributed by atoms with Crippen molar-refractivity contribution in [2.75, 3.05) is 0 Å². The highest BCUT2D eigenvalue weighted by atomic mass is 15.0. The molecule has 0 atom stereocenters. The number of nitrogens with zero attached hydrogens (tertiary/aromatic N) is 4. The van der Waals surface area contributed by atoms with Gasteiger partial charge < -0.3 is 4.57 Å². The van der Waals surface area contributed by atoms with E-state index in [4.69, 9.17) is 0 Å². The first-order valence-corrected chi connectivity index (χ1v) is 5.17. The maximum atomic E-state index is 4.32. The summed E-state index contributed by atoms with van der Waals surface area (Å²) >= 11 is 0. The van der Waals surface area contributed by atoms with Crippen LogP contribution in [0.2, 0.25) is 0 Å². The molecule has 0 saturated heterocycles. The lowest BCUT2D eigenvalue weighted by atomic mass is 10.3. The normalized spacial score (nSPS) is 10.5. The van der Waals surface area contributed by atoms with Crippen molar-refractivity contribution in [2.45, 2.75) is 26.3 Å². The molecule has 0 amide bonds. The molecule has 0 bridgehead atoms. The van der Waals surface area contributed by atoms with Crippen LogP contribution in [0.4, 0.5) is 0 Å². The van der Waals surface area contributed by atoms with Gasteiger partial charge in [-0.3, -0.25) is 0 Å². The highest BCUT2D eigenvalue weighted by Gasteiger charge is 2.01. The molecular formula is C11H14N4. The fourth-order valence-electron chi connectivity index (χ4n) is 1.40. The van der Waals surface area contributed by atoms with Crippen LogP contribution < -0.4 is 0 Å². The molecule has 4 heteroatoms. The van der Waals surface area contributed by atoms with Crippen molar-refractivity contribution >= 4 is 0 Å². The second-order valence-corrected chi connectivity index (χ2v) is 3.48. The minimum Gasteiger partial charge on any atom is -0.337 e. The van der Waals surface area contributed by atoms with E-state index >= 15 is 0 Å². The Balaban J connectivity index is 2.14. The molecule has 0 aromatic carbocycles. The number of imidazole rings is 1. The molecule has 2 aromatic heterocycles. The van der Waals surface area contributed by atoms with Gasteiger partial charge in [-0.1, -0.05) is 13.3 Å². The van der Waals surface area contributed by atoms with Crippen LogP contribution in [-0.4, -0.2) is 19.5 Å². The summed E-state index contributed by atoms with van der Waals surface area (Å²) in [6.07, 6.45) is 11.4. The molecule has 0 aliphatic carbocycles. The van der Waals surface area contributed by atoms with E-state index in [1.165, 1.54) is 19.2 Å². The summed E-state index contributed by atoms with van der Waals surface area (Å²) in [5.74, 6) is 0. The molecule has 2 aromatic rings. The number of rotatable bonds is 4.